The van der Waals surface area contributed by atoms with Crippen molar-refractivity contribution in [1.82, 2.24) is 10.2 Å². The largest absolute Gasteiger partial charge is 0.331 e. The zero-order valence-corrected chi connectivity index (χ0v) is 13.8. The molecule has 0 spiro atoms. The van der Waals surface area contributed by atoms with E-state index in [1.54, 1.807) is 17.8 Å². The van der Waals surface area contributed by atoms with Gasteiger partial charge in [-0.2, -0.15) is 0 Å². The van der Waals surface area contributed by atoms with Crippen LogP contribution in [0.2, 0.25) is 0 Å². The molecule has 0 saturated heterocycles. The molecule has 22 heavy (non-hydrogen) atoms. The van der Waals surface area contributed by atoms with Crippen molar-refractivity contribution in [2.45, 2.75) is 55.5 Å². The van der Waals surface area contributed by atoms with Crippen LogP contribution in [0, 0.1) is 5.82 Å². The Bertz CT molecular complexity index is 545. The van der Waals surface area contributed by atoms with Gasteiger partial charge in [-0.3, -0.25) is 0 Å². The van der Waals surface area contributed by atoms with Crippen molar-refractivity contribution in [2.24, 2.45) is 0 Å². The summed E-state index contributed by atoms with van der Waals surface area (Å²) < 4.78 is 13.5. The number of carbonyl (C=O) groups excluding carboxylic acids is 1. The van der Waals surface area contributed by atoms with E-state index in [2.05, 4.69) is 5.32 Å². The highest BCUT2D eigenvalue weighted by Crippen LogP contribution is 2.36. The topological polar surface area (TPSA) is 32.3 Å². The second kappa shape index (κ2) is 6.90. The van der Waals surface area contributed by atoms with E-state index in [-0.39, 0.29) is 17.9 Å². The first-order valence-electron chi connectivity index (χ1n) is 8.11. The molecule has 1 aliphatic carbocycles. The van der Waals surface area contributed by atoms with E-state index in [1.165, 1.54) is 25.3 Å². The van der Waals surface area contributed by atoms with Crippen LogP contribution in [0.4, 0.5) is 9.18 Å². The lowest BCUT2D eigenvalue weighted by Gasteiger charge is -2.34. The maximum Gasteiger partial charge on any atom is 0.317 e. The van der Waals surface area contributed by atoms with Crippen LogP contribution in [0.1, 0.15) is 50.1 Å². The monoisotopic (exact) mass is 322 g/mol. The number of hydrogen-bond acceptors (Lipinski definition) is 2. The van der Waals surface area contributed by atoms with Gasteiger partial charge in [0.15, 0.2) is 0 Å². The molecule has 5 heteroatoms. The van der Waals surface area contributed by atoms with Crippen molar-refractivity contribution < 1.29 is 9.18 Å². The molecule has 2 aliphatic rings. The van der Waals surface area contributed by atoms with E-state index in [0.717, 1.165) is 35.5 Å². The second-order valence-electron chi connectivity index (χ2n) is 6.22. The molecule has 0 radical (unpaired) electrons. The van der Waals surface area contributed by atoms with Gasteiger partial charge in [-0.25, -0.2) is 9.18 Å². The number of benzene rings is 1. The molecule has 0 aromatic heterocycles. The van der Waals surface area contributed by atoms with Crippen LogP contribution in [0.15, 0.2) is 23.1 Å². The van der Waals surface area contributed by atoms with Crippen molar-refractivity contribution in [3.05, 3.63) is 29.6 Å². The third-order valence-electron chi connectivity index (χ3n) is 4.75. The molecule has 1 atom stereocenters. The zero-order valence-electron chi connectivity index (χ0n) is 13.0. The van der Waals surface area contributed by atoms with E-state index in [0.29, 0.717) is 6.04 Å². The number of nitrogens with one attached hydrogen (secondary N) is 1. The van der Waals surface area contributed by atoms with Crippen molar-refractivity contribution >= 4 is 17.8 Å². The Morgan fingerprint density at radius 3 is 2.82 bits per heavy atom. The molecule has 1 aromatic rings. The fraction of sp³-hybridized carbons (Fsp3) is 0.588. The molecular weight excluding hydrogens is 299 g/mol. The maximum atomic E-state index is 13.5. The van der Waals surface area contributed by atoms with Gasteiger partial charge in [0.05, 0.1) is 6.04 Å². The van der Waals surface area contributed by atoms with Gasteiger partial charge in [-0.05, 0) is 43.0 Å². The summed E-state index contributed by atoms with van der Waals surface area (Å²) in [6, 6.07) is 5.11. The summed E-state index contributed by atoms with van der Waals surface area (Å²) in [5, 5.41) is 3.11. The molecule has 2 amide bonds. The van der Waals surface area contributed by atoms with E-state index >= 15 is 0 Å². The lowest BCUT2D eigenvalue weighted by atomic mass is 9.94. The van der Waals surface area contributed by atoms with Crippen LogP contribution in [-0.4, -0.2) is 29.8 Å². The summed E-state index contributed by atoms with van der Waals surface area (Å²) in [5.74, 6) is 0.720. The Balaban J connectivity index is 1.68. The summed E-state index contributed by atoms with van der Waals surface area (Å²) in [5.41, 5.74) is 0.918. The summed E-state index contributed by atoms with van der Waals surface area (Å²) in [6.45, 7) is 0. The van der Waals surface area contributed by atoms with Gasteiger partial charge in [0.25, 0.3) is 0 Å². The molecule has 1 aromatic carbocycles. The van der Waals surface area contributed by atoms with Crippen LogP contribution in [-0.2, 0) is 0 Å². The van der Waals surface area contributed by atoms with Crippen molar-refractivity contribution in [1.29, 1.82) is 0 Å². The smallest absolute Gasteiger partial charge is 0.317 e. The molecule has 1 saturated carbocycles. The van der Waals surface area contributed by atoms with Crippen molar-refractivity contribution in [3.63, 3.8) is 0 Å². The Kier molecular flexibility index (Phi) is 4.91. The molecule has 3 rings (SSSR count). The van der Waals surface area contributed by atoms with Gasteiger partial charge in [0.2, 0.25) is 0 Å². The molecule has 120 valence electrons. The minimum Gasteiger partial charge on any atom is -0.331 e. The average Bonchev–Trinajstić information content (AvgIpc) is 2.55. The quantitative estimate of drug-likeness (QED) is 0.878. The number of amides is 2. The van der Waals surface area contributed by atoms with Gasteiger partial charge in [-0.1, -0.05) is 19.3 Å². The summed E-state index contributed by atoms with van der Waals surface area (Å²) in [6.07, 6.45) is 6.72. The summed E-state index contributed by atoms with van der Waals surface area (Å²) >= 11 is 1.73. The standard InChI is InChI=1S/C17H23FN2OS/c1-20(13-5-3-2-4-6-13)17(21)19-15-9-10-22-16-8-7-12(18)11-14(15)16/h7-8,11,13,15H,2-6,9-10H2,1H3,(H,19,21). The third kappa shape index (κ3) is 3.40. The minimum absolute atomic E-state index is 0.0287. The molecule has 3 nitrogen and oxygen atoms in total. The van der Waals surface area contributed by atoms with E-state index < -0.39 is 0 Å². The fourth-order valence-corrected chi connectivity index (χ4v) is 4.51. The van der Waals surface area contributed by atoms with E-state index in [4.69, 9.17) is 0 Å². The lowest BCUT2D eigenvalue weighted by molar-refractivity contribution is 0.169. The number of nitrogens with zero attached hydrogens (tertiary/aromatic N) is 1. The molecule has 1 aliphatic heterocycles. The van der Waals surface area contributed by atoms with E-state index in [1.807, 2.05) is 18.0 Å². The number of urea groups is 1. The normalized spacial score (nSPS) is 22.0. The average molecular weight is 322 g/mol. The first kappa shape index (κ1) is 15.7. The molecule has 1 N–H and O–H groups in total. The van der Waals surface area contributed by atoms with Gasteiger partial charge in [0, 0.05) is 23.7 Å². The molecular formula is C17H23FN2OS. The highest BCUT2D eigenvalue weighted by atomic mass is 32.2. The third-order valence-corrected chi connectivity index (χ3v) is 5.87. The van der Waals surface area contributed by atoms with Gasteiger partial charge in [-0.15, -0.1) is 11.8 Å². The number of fused-ring (bicyclic) bond motifs is 1. The van der Waals surface area contributed by atoms with Crippen molar-refractivity contribution in [2.75, 3.05) is 12.8 Å². The Morgan fingerprint density at radius 2 is 2.05 bits per heavy atom. The minimum atomic E-state index is -0.235. The summed E-state index contributed by atoms with van der Waals surface area (Å²) in [4.78, 5) is 15.4. The van der Waals surface area contributed by atoms with Crippen LogP contribution in [0.5, 0.6) is 0 Å². The summed E-state index contributed by atoms with van der Waals surface area (Å²) in [7, 11) is 1.88. The van der Waals surface area contributed by atoms with E-state index in [9.17, 15) is 9.18 Å². The van der Waals surface area contributed by atoms with Gasteiger partial charge >= 0.3 is 6.03 Å². The van der Waals surface area contributed by atoms with Gasteiger partial charge in [0.1, 0.15) is 5.82 Å². The Hall–Kier alpha value is -1.23. The zero-order chi connectivity index (χ0) is 15.5. The van der Waals surface area contributed by atoms with Crippen LogP contribution in [0.25, 0.3) is 0 Å². The molecule has 1 heterocycles. The number of rotatable bonds is 2. The van der Waals surface area contributed by atoms with Crippen LogP contribution in [0.3, 0.4) is 0 Å². The lowest BCUT2D eigenvalue weighted by Crippen LogP contribution is -2.46. The van der Waals surface area contributed by atoms with Crippen LogP contribution < -0.4 is 5.32 Å². The molecule has 0 bridgehead atoms. The number of hydrogen-bond donors (Lipinski definition) is 1. The molecule has 1 unspecified atom stereocenters. The maximum absolute atomic E-state index is 13.5. The first-order chi connectivity index (χ1) is 10.6. The van der Waals surface area contributed by atoms with Crippen molar-refractivity contribution in [3.8, 4) is 0 Å². The molecule has 1 fully saturated rings. The number of carbonyl (C=O) groups is 1. The van der Waals surface area contributed by atoms with Crippen LogP contribution >= 0.6 is 11.8 Å². The Labute approximate surface area is 135 Å². The highest BCUT2D eigenvalue weighted by Gasteiger charge is 2.27. The number of halogens is 1. The highest BCUT2D eigenvalue weighted by molar-refractivity contribution is 7.99. The Morgan fingerprint density at radius 1 is 1.27 bits per heavy atom. The predicted octanol–water partition coefficient (Wildman–Crippen LogP) is 4.34. The fourth-order valence-electron chi connectivity index (χ4n) is 3.40. The SMILES string of the molecule is CN(C(=O)NC1CCSc2ccc(F)cc21)C1CCCCC1. The van der Waals surface area contributed by atoms with Gasteiger partial charge < -0.3 is 10.2 Å². The predicted molar refractivity (Wildman–Crippen MR) is 87.6 cm³/mol. The number of thioether (sulfide) groups is 1. The second-order valence-corrected chi connectivity index (χ2v) is 7.36. The first-order valence-corrected chi connectivity index (χ1v) is 9.09.